The van der Waals surface area contributed by atoms with Crippen LogP contribution in [-0.4, -0.2) is 23.5 Å². The van der Waals surface area contributed by atoms with Crippen molar-refractivity contribution in [2.24, 2.45) is 0 Å². The van der Waals surface area contributed by atoms with Crippen LogP contribution in [0.4, 0.5) is 0 Å². The minimum Gasteiger partial charge on any atom is -0.458 e. The Hall–Kier alpha value is -1.56. The third-order valence-corrected chi connectivity index (χ3v) is 2.54. The summed E-state index contributed by atoms with van der Waals surface area (Å²) in [4.78, 5) is 23.3. The summed E-state index contributed by atoms with van der Waals surface area (Å²) in [5, 5.41) is 2.53. The zero-order chi connectivity index (χ0) is 15.3. The normalized spacial score (nSPS) is 13.2. The maximum atomic E-state index is 11.7. The highest BCUT2D eigenvalue weighted by atomic mass is 79.9. The summed E-state index contributed by atoms with van der Waals surface area (Å²) >= 11 is 3.16. The highest BCUT2D eigenvalue weighted by Gasteiger charge is 2.22. The Morgan fingerprint density at radius 2 is 2.05 bits per heavy atom. The fourth-order valence-electron chi connectivity index (χ4n) is 1.29. The first kappa shape index (κ1) is 16.5. The van der Waals surface area contributed by atoms with E-state index in [1.807, 2.05) is 0 Å². The Labute approximate surface area is 126 Å². The predicted octanol–water partition coefficient (Wildman–Crippen LogP) is 2.90. The minimum atomic E-state index is -0.713. The van der Waals surface area contributed by atoms with Gasteiger partial charge in [-0.05, 0) is 61.8 Å². The Bertz CT molecular complexity index is 513. The number of rotatable bonds is 4. The summed E-state index contributed by atoms with van der Waals surface area (Å²) in [6.07, 6.45) is 2.81. The standard InChI is InChI=1S/C14H18BrNO4/c1-9(13(18)20-14(2,3)4)16-12(17)8-6-10-5-7-11(15)19-10/h5-9H,1-4H3,(H,16,17)/b8-6+/t9-/m0/s1. The molecule has 0 saturated carbocycles. The van der Waals surface area contributed by atoms with Crippen molar-refractivity contribution in [2.75, 3.05) is 0 Å². The number of hydrogen-bond acceptors (Lipinski definition) is 4. The molecule has 1 rings (SSSR count). The second-order valence-electron chi connectivity index (χ2n) is 5.24. The van der Waals surface area contributed by atoms with Gasteiger partial charge in [-0.1, -0.05) is 0 Å². The van der Waals surface area contributed by atoms with Gasteiger partial charge in [-0.15, -0.1) is 0 Å². The van der Waals surface area contributed by atoms with E-state index in [-0.39, 0.29) is 0 Å². The number of carbonyl (C=O) groups is 2. The number of hydrogen-bond donors (Lipinski definition) is 1. The van der Waals surface area contributed by atoms with Gasteiger partial charge in [0.1, 0.15) is 17.4 Å². The van der Waals surface area contributed by atoms with Gasteiger partial charge in [0.15, 0.2) is 4.67 Å². The summed E-state index contributed by atoms with van der Waals surface area (Å²) in [6.45, 7) is 6.89. The zero-order valence-electron chi connectivity index (χ0n) is 11.9. The number of nitrogens with one attached hydrogen (secondary N) is 1. The summed E-state index contributed by atoms with van der Waals surface area (Å²) < 4.78 is 11.0. The largest absolute Gasteiger partial charge is 0.458 e. The summed E-state index contributed by atoms with van der Waals surface area (Å²) in [7, 11) is 0. The maximum Gasteiger partial charge on any atom is 0.328 e. The van der Waals surface area contributed by atoms with Crippen LogP contribution in [0.25, 0.3) is 6.08 Å². The Kier molecular flexibility index (Phi) is 5.56. The highest BCUT2D eigenvalue weighted by molar-refractivity contribution is 9.10. The molecule has 0 aliphatic heterocycles. The molecule has 0 aliphatic carbocycles. The van der Waals surface area contributed by atoms with Gasteiger partial charge in [0, 0.05) is 6.08 Å². The molecule has 5 nitrogen and oxygen atoms in total. The molecule has 1 heterocycles. The van der Waals surface area contributed by atoms with Crippen molar-refractivity contribution in [1.82, 2.24) is 5.32 Å². The molecule has 0 aliphatic rings. The molecular formula is C14H18BrNO4. The second-order valence-corrected chi connectivity index (χ2v) is 6.02. The van der Waals surface area contributed by atoms with E-state index in [0.717, 1.165) is 0 Å². The molecule has 1 aromatic heterocycles. The Morgan fingerprint density at radius 1 is 1.40 bits per heavy atom. The molecule has 1 atom stereocenters. The first-order chi connectivity index (χ1) is 9.17. The van der Waals surface area contributed by atoms with Gasteiger partial charge in [0.25, 0.3) is 0 Å². The molecule has 0 spiro atoms. The van der Waals surface area contributed by atoms with Crippen molar-refractivity contribution in [1.29, 1.82) is 0 Å². The smallest absolute Gasteiger partial charge is 0.328 e. The fourth-order valence-corrected chi connectivity index (χ4v) is 1.61. The third-order valence-electron chi connectivity index (χ3n) is 2.11. The predicted molar refractivity (Wildman–Crippen MR) is 78.9 cm³/mol. The molecular weight excluding hydrogens is 326 g/mol. The molecule has 1 N–H and O–H groups in total. The van der Waals surface area contributed by atoms with Crippen molar-refractivity contribution < 1.29 is 18.7 Å². The number of furan rings is 1. The number of ether oxygens (including phenoxy) is 1. The summed E-state index contributed by atoms with van der Waals surface area (Å²) in [5.74, 6) is -0.326. The number of amides is 1. The van der Waals surface area contributed by atoms with E-state index in [0.29, 0.717) is 10.4 Å². The average molecular weight is 344 g/mol. The highest BCUT2D eigenvalue weighted by Crippen LogP contribution is 2.15. The summed E-state index contributed by atoms with van der Waals surface area (Å²) in [5.41, 5.74) is -0.577. The van der Waals surface area contributed by atoms with Crippen molar-refractivity contribution in [3.05, 3.63) is 28.6 Å². The lowest BCUT2D eigenvalue weighted by Gasteiger charge is -2.22. The van der Waals surface area contributed by atoms with Crippen LogP contribution >= 0.6 is 15.9 Å². The molecule has 1 amide bonds. The monoisotopic (exact) mass is 343 g/mol. The number of halogens is 1. The van der Waals surface area contributed by atoms with Gasteiger partial charge in [-0.25, -0.2) is 4.79 Å². The van der Waals surface area contributed by atoms with Gasteiger partial charge in [0.2, 0.25) is 5.91 Å². The van der Waals surface area contributed by atoms with E-state index < -0.39 is 23.5 Å². The molecule has 0 saturated heterocycles. The summed E-state index contributed by atoms with van der Waals surface area (Å²) in [6, 6.07) is 2.72. The third kappa shape index (κ3) is 6.06. The van der Waals surface area contributed by atoms with Gasteiger partial charge in [-0.3, -0.25) is 4.79 Å². The van der Waals surface area contributed by atoms with Gasteiger partial charge in [-0.2, -0.15) is 0 Å². The molecule has 20 heavy (non-hydrogen) atoms. The van der Waals surface area contributed by atoms with E-state index >= 15 is 0 Å². The topological polar surface area (TPSA) is 68.5 Å². The van der Waals surface area contributed by atoms with Crippen LogP contribution in [0.2, 0.25) is 0 Å². The second kappa shape index (κ2) is 6.74. The first-order valence-corrected chi connectivity index (χ1v) is 6.93. The van der Waals surface area contributed by atoms with Crippen LogP contribution in [0.3, 0.4) is 0 Å². The molecule has 0 fully saturated rings. The molecule has 0 bridgehead atoms. The van der Waals surface area contributed by atoms with Crippen molar-refractivity contribution in [3.63, 3.8) is 0 Å². The number of carbonyl (C=O) groups excluding carboxylic acids is 2. The van der Waals surface area contributed by atoms with Crippen LogP contribution in [0.5, 0.6) is 0 Å². The molecule has 6 heteroatoms. The van der Waals surface area contributed by atoms with Gasteiger partial charge < -0.3 is 14.5 Å². The quantitative estimate of drug-likeness (QED) is 0.674. The lowest BCUT2D eigenvalue weighted by molar-refractivity contribution is -0.157. The lowest BCUT2D eigenvalue weighted by Crippen LogP contribution is -2.41. The molecule has 0 radical (unpaired) electrons. The SMILES string of the molecule is C[C@H](NC(=O)/C=C/c1ccc(Br)o1)C(=O)OC(C)(C)C. The van der Waals surface area contributed by atoms with Crippen LogP contribution in [0.1, 0.15) is 33.5 Å². The molecule has 110 valence electrons. The van der Waals surface area contributed by atoms with E-state index in [9.17, 15) is 9.59 Å². The van der Waals surface area contributed by atoms with Crippen LogP contribution < -0.4 is 5.32 Å². The van der Waals surface area contributed by atoms with Crippen LogP contribution in [0, 0.1) is 0 Å². The maximum absolute atomic E-state index is 11.7. The first-order valence-electron chi connectivity index (χ1n) is 6.14. The van der Waals surface area contributed by atoms with Crippen LogP contribution in [-0.2, 0) is 14.3 Å². The molecule has 1 aromatic rings. The van der Waals surface area contributed by atoms with E-state index in [2.05, 4.69) is 21.2 Å². The lowest BCUT2D eigenvalue weighted by atomic mass is 10.2. The van der Waals surface area contributed by atoms with Gasteiger partial charge in [0.05, 0.1) is 0 Å². The van der Waals surface area contributed by atoms with E-state index in [1.54, 1.807) is 39.8 Å². The van der Waals surface area contributed by atoms with Gasteiger partial charge >= 0.3 is 5.97 Å². The van der Waals surface area contributed by atoms with Crippen molar-refractivity contribution in [2.45, 2.75) is 39.3 Å². The molecule has 0 unspecified atom stereocenters. The number of esters is 1. The fraction of sp³-hybridized carbons (Fsp3) is 0.429. The van der Waals surface area contributed by atoms with Crippen molar-refractivity contribution in [3.8, 4) is 0 Å². The average Bonchev–Trinajstić information content (AvgIpc) is 2.70. The van der Waals surface area contributed by atoms with E-state index in [1.165, 1.54) is 12.2 Å². The Balaban J connectivity index is 2.49. The molecule has 0 aromatic carbocycles. The minimum absolute atomic E-state index is 0.393. The zero-order valence-corrected chi connectivity index (χ0v) is 13.5. The van der Waals surface area contributed by atoms with Crippen molar-refractivity contribution >= 4 is 33.9 Å². The Morgan fingerprint density at radius 3 is 2.55 bits per heavy atom. The van der Waals surface area contributed by atoms with Crippen LogP contribution in [0.15, 0.2) is 27.3 Å². The van der Waals surface area contributed by atoms with E-state index in [4.69, 9.17) is 9.15 Å².